The number of rotatable bonds is 11. The molecule has 1 heterocycles. The summed E-state index contributed by atoms with van der Waals surface area (Å²) >= 11 is 0. The van der Waals surface area contributed by atoms with E-state index in [4.69, 9.17) is 14.6 Å². The van der Waals surface area contributed by atoms with Gasteiger partial charge in [0, 0.05) is 17.7 Å². The molecule has 4 rings (SSSR count). The molecule has 0 unspecified atom stereocenters. The van der Waals surface area contributed by atoms with Crippen molar-refractivity contribution in [2.45, 2.75) is 36.7 Å². The van der Waals surface area contributed by atoms with E-state index in [2.05, 4.69) is 0 Å². The summed E-state index contributed by atoms with van der Waals surface area (Å²) < 4.78 is 94.8. The highest BCUT2D eigenvalue weighted by Crippen LogP contribution is 2.41. The molecular formula is C27H25F4NO6S. The molecule has 1 atom stereocenters. The van der Waals surface area contributed by atoms with Crippen LogP contribution in [0.2, 0.25) is 0 Å². The number of anilines is 1. The third kappa shape index (κ3) is 6.69. The van der Waals surface area contributed by atoms with Crippen LogP contribution in [-0.4, -0.2) is 45.4 Å². The van der Waals surface area contributed by atoms with Crippen LogP contribution in [0.15, 0.2) is 65.6 Å². The van der Waals surface area contributed by atoms with Crippen molar-refractivity contribution in [2.75, 3.05) is 24.1 Å². The van der Waals surface area contributed by atoms with Crippen LogP contribution in [-0.2, 0) is 19.6 Å². The first-order valence-electron chi connectivity index (χ1n) is 12.0. The summed E-state index contributed by atoms with van der Waals surface area (Å²) in [7, 11) is -4.37. The van der Waals surface area contributed by atoms with Gasteiger partial charge in [-0.2, -0.15) is 0 Å². The number of carbonyl (C=O) groups is 1. The predicted octanol–water partition coefficient (Wildman–Crippen LogP) is 5.80. The molecule has 1 aliphatic heterocycles. The van der Waals surface area contributed by atoms with Crippen LogP contribution in [0, 0.1) is 11.6 Å². The number of hydrogen-bond acceptors (Lipinski definition) is 5. The molecular weight excluding hydrogens is 542 g/mol. The van der Waals surface area contributed by atoms with Crippen molar-refractivity contribution >= 4 is 21.7 Å². The maximum absolute atomic E-state index is 14.5. The number of sulfonamides is 1. The second kappa shape index (κ2) is 12.0. The fourth-order valence-corrected chi connectivity index (χ4v) is 5.74. The second-order valence-electron chi connectivity index (χ2n) is 8.85. The Kier molecular flexibility index (Phi) is 8.76. The molecule has 1 aliphatic rings. The van der Waals surface area contributed by atoms with Crippen molar-refractivity contribution in [1.29, 1.82) is 0 Å². The summed E-state index contributed by atoms with van der Waals surface area (Å²) in [5.41, 5.74) is -0.306. The number of nitrogens with zero attached hydrogens (tertiary/aromatic N) is 1. The van der Waals surface area contributed by atoms with Gasteiger partial charge in [-0.1, -0.05) is 18.2 Å². The zero-order valence-corrected chi connectivity index (χ0v) is 21.3. The van der Waals surface area contributed by atoms with Gasteiger partial charge in [0.15, 0.2) is 0 Å². The minimum atomic E-state index is -4.37. The van der Waals surface area contributed by atoms with E-state index in [-0.39, 0.29) is 53.6 Å². The van der Waals surface area contributed by atoms with Gasteiger partial charge >= 0.3 is 5.97 Å². The SMILES string of the molecule is O=C(O)CCOCCC[C@H]1CN(S(=O)(=O)c2cccc(C(F)F)c2)c2cc(-c3cc(F)ccc3F)ccc2O1. The molecule has 39 heavy (non-hydrogen) atoms. The smallest absolute Gasteiger partial charge is 0.305 e. The highest BCUT2D eigenvalue weighted by atomic mass is 32.2. The number of fused-ring (bicyclic) bond motifs is 1. The Hall–Kier alpha value is -3.64. The molecule has 1 N–H and O–H groups in total. The number of carboxylic acids is 1. The molecule has 0 saturated heterocycles. The van der Waals surface area contributed by atoms with E-state index in [1.54, 1.807) is 0 Å². The van der Waals surface area contributed by atoms with Crippen LogP contribution in [0.25, 0.3) is 11.1 Å². The van der Waals surface area contributed by atoms with Gasteiger partial charge in [0.25, 0.3) is 16.4 Å². The lowest BCUT2D eigenvalue weighted by Crippen LogP contribution is -2.43. The van der Waals surface area contributed by atoms with E-state index in [0.29, 0.717) is 12.8 Å². The van der Waals surface area contributed by atoms with Gasteiger partial charge in [-0.05, 0) is 60.9 Å². The molecule has 0 spiro atoms. The number of alkyl halides is 2. The summed E-state index contributed by atoms with van der Waals surface area (Å²) in [5, 5.41) is 8.69. The summed E-state index contributed by atoms with van der Waals surface area (Å²) in [4.78, 5) is 10.3. The number of aliphatic carboxylic acids is 1. The van der Waals surface area contributed by atoms with Crippen LogP contribution < -0.4 is 9.04 Å². The van der Waals surface area contributed by atoms with Crippen molar-refractivity contribution in [3.63, 3.8) is 0 Å². The Balaban J connectivity index is 1.67. The van der Waals surface area contributed by atoms with E-state index in [0.717, 1.165) is 34.6 Å². The van der Waals surface area contributed by atoms with E-state index in [9.17, 15) is 30.8 Å². The standard InChI is InChI=1S/C27H25F4NO6S/c28-19-7-8-23(29)22(15-19)17-6-9-25-24(14-17)32(16-20(38-25)4-2-11-37-12-10-26(33)34)39(35,36)21-5-1-3-18(13-21)27(30)31/h1,3,5-9,13-15,20,27H,2,4,10-12,16H2,(H,33,34)/t20-/m0/s1. The molecule has 208 valence electrons. The van der Waals surface area contributed by atoms with E-state index < -0.39 is 45.7 Å². The molecule has 0 saturated carbocycles. The van der Waals surface area contributed by atoms with Crippen LogP contribution >= 0.6 is 0 Å². The first kappa shape index (κ1) is 28.4. The van der Waals surface area contributed by atoms with Gasteiger partial charge in [-0.3, -0.25) is 9.10 Å². The third-order valence-corrected chi connectivity index (χ3v) is 7.88. The van der Waals surface area contributed by atoms with Gasteiger partial charge in [0.2, 0.25) is 0 Å². The fraction of sp³-hybridized carbons (Fsp3) is 0.296. The molecule has 0 aliphatic carbocycles. The maximum atomic E-state index is 14.5. The van der Waals surface area contributed by atoms with Crippen LogP contribution in [0.1, 0.15) is 31.3 Å². The lowest BCUT2D eigenvalue weighted by atomic mass is 10.0. The van der Waals surface area contributed by atoms with Crippen molar-refractivity contribution in [3.8, 4) is 16.9 Å². The summed E-state index contributed by atoms with van der Waals surface area (Å²) in [6.07, 6.45) is -2.90. The molecule has 0 amide bonds. The largest absolute Gasteiger partial charge is 0.486 e. The first-order chi connectivity index (χ1) is 18.6. The number of halogens is 4. The van der Waals surface area contributed by atoms with E-state index >= 15 is 0 Å². The third-order valence-electron chi connectivity index (χ3n) is 6.10. The summed E-state index contributed by atoms with van der Waals surface area (Å²) in [6.45, 7) is 0.0729. The van der Waals surface area contributed by atoms with Crippen molar-refractivity contribution < 1.29 is 45.4 Å². The predicted molar refractivity (Wildman–Crippen MR) is 134 cm³/mol. The van der Waals surface area contributed by atoms with Crippen molar-refractivity contribution in [3.05, 3.63) is 77.9 Å². The lowest BCUT2D eigenvalue weighted by Gasteiger charge is -2.36. The Morgan fingerprint density at radius 2 is 1.87 bits per heavy atom. The molecule has 0 radical (unpaired) electrons. The minimum absolute atomic E-state index is 0.0318. The molecule has 0 bridgehead atoms. The molecule has 3 aromatic rings. The van der Waals surface area contributed by atoms with Crippen LogP contribution in [0.4, 0.5) is 23.2 Å². The van der Waals surface area contributed by atoms with Crippen LogP contribution in [0.5, 0.6) is 5.75 Å². The van der Waals surface area contributed by atoms with Crippen LogP contribution in [0.3, 0.4) is 0 Å². The quantitative estimate of drug-likeness (QED) is 0.233. The first-order valence-corrected chi connectivity index (χ1v) is 13.5. The molecule has 7 nitrogen and oxygen atoms in total. The Bertz CT molecular complexity index is 1450. The average molecular weight is 568 g/mol. The average Bonchev–Trinajstić information content (AvgIpc) is 2.91. The molecule has 0 aromatic heterocycles. The molecule has 3 aromatic carbocycles. The Morgan fingerprint density at radius 1 is 1.08 bits per heavy atom. The number of benzene rings is 3. The summed E-state index contributed by atoms with van der Waals surface area (Å²) in [5.74, 6) is -2.23. The van der Waals surface area contributed by atoms with E-state index in [1.165, 1.54) is 30.3 Å². The van der Waals surface area contributed by atoms with Gasteiger partial charge in [-0.25, -0.2) is 26.0 Å². The zero-order valence-electron chi connectivity index (χ0n) is 20.5. The number of hydrogen-bond donors (Lipinski definition) is 1. The highest BCUT2D eigenvalue weighted by molar-refractivity contribution is 7.92. The lowest BCUT2D eigenvalue weighted by molar-refractivity contribution is -0.138. The van der Waals surface area contributed by atoms with Gasteiger partial charge in [-0.15, -0.1) is 0 Å². The zero-order chi connectivity index (χ0) is 28.2. The van der Waals surface area contributed by atoms with Gasteiger partial charge < -0.3 is 14.6 Å². The Morgan fingerprint density at radius 3 is 2.62 bits per heavy atom. The normalized spacial score (nSPS) is 15.2. The minimum Gasteiger partial charge on any atom is -0.486 e. The molecule has 0 fully saturated rings. The number of ether oxygens (including phenoxy) is 2. The molecule has 12 heteroatoms. The van der Waals surface area contributed by atoms with E-state index in [1.807, 2.05) is 0 Å². The topological polar surface area (TPSA) is 93.1 Å². The van der Waals surface area contributed by atoms with Crippen molar-refractivity contribution in [2.24, 2.45) is 0 Å². The number of carboxylic acid groups (broad SMARTS) is 1. The van der Waals surface area contributed by atoms with Gasteiger partial charge in [0.1, 0.15) is 23.5 Å². The highest BCUT2D eigenvalue weighted by Gasteiger charge is 2.35. The fourth-order valence-electron chi connectivity index (χ4n) is 4.19. The second-order valence-corrected chi connectivity index (χ2v) is 10.7. The summed E-state index contributed by atoms with van der Waals surface area (Å²) in [6, 6.07) is 11.6. The monoisotopic (exact) mass is 567 g/mol. The maximum Gasteiger partial charge on any atom is 0.305 e. The Labute approximate surface area is 222 Å². The van der Waals surface area contributed by atoms with Gasteiger partial charge in [0.05, 0.1) is 30.2 Å². The van der Waals surface area contributed by atoms with Crippen molar-refractivity contribution in [1.82, 2.24) is 0 Å².